The Morgan fingerprint density at radius 1 is 1.03 bits per heavy atom. The molecule has 1 fully saturated rings. The van der Waals surface area contributed by atoms with Crippen LogP contribution in [0.15, 0.2) is 72.8 Å². The highest BCUT2D eigenvalue weighted by Gasteiger charge is 2.50. The van der Waals surface area contributed by atoms with E-state index in [1.54, 1.807) is 0 Å². The largest absolute Gasteiger partial charge is 0.407 e. The Kier molecular flexibility index (Phi) is 7.45. The molecule has 160 valence electrons. The molecule has 1 aliphatic rings. The molecular weight excluding hydrogens is 388 g/mol. The van der Waals surface area contributed by atoms with Gasteiger partial charge in [0.2, 0.25) is 0 Å². The number of aldehydes is 1. The fourth-order valence-corrected chi connectivity index (χ4v) is 9.16. The molecule has 1 saturated heterocycles. The molecular formula is C26H34O3Si. The van der Waals surface area contributed by atoms with E-state index >= 15 is 0 Å². The van der Waals surface area contributed by atoms with Crippen molar-refractivity contribution in [2.45, 2.75) is 63.7 Å². The molecule has 2 atom stereocenters. The van der Waals surface area contributed by atoms with E-state index in [1.807, 2.05) is 0 Å². The van der Waals surface area contributed by atoms with Gasteiger partial charge in [-0.2, -0.15) is 0 Å². The molecule has 30 heavy (non-hydrogen) atoms. The molecule has 3 nitrogen and oxygen atoms in total. The van der Waals surface area contributed by atoms with Crippen LogP contribution in [0.2, 0.25) is 5.04 Å². The molecule has 0 aliphatic carbocycles. The van der Waals surface area contributed by atoms with Gasteiger partial charge in [0.05, 0.1) is 12.2 Å². The van der Waals surface area contributed by atoms with Gasteiger partial charge in [-0.15, -0.1) is 0 Å². The second kappa shape index (κ2) is 9.86. The van der Waals surface area contributed by atoms with Crippen molar-refractivity contribution in [1.29, 1.82) is 0 Å². The van der Waals surface area contributed by atoms with Crippen molar-refractivity contribution in [3.05, 3.63) is 72.8 Å². The lowest BCUT2D eigenvalue weighted by atomic mass is 10.1. The van der Waals surface area contributed by atoms with Crippen LogP contribution in [0.25, 0.3) is 0 Å². The van der Waals surface area contributed by atoms with Crippen LogP contribution in [0.1, 0.15) is 46.5 Å². The zero-order valence-electron chi connectivity index (χ0n) is 18.5. The highest BCUT2D eigenvalue weighted by molar-refractivity contribution is 6.99. The van der Waals surface area contributed by atoms with Gasteiger partial charge in [-0.05, 0) is 40.2 Å². The quantitative estimate of drug-likeness (QED) is 0.335. The molecule has 0 N–H and O–H groups in total. The van der Waals surface area contributed by atoms with E-state index < -0.39 is 8.32 Å². The summed E-state index contributed by atoms with van der Waals surface area (Å²) in [5, 5.41) is 2.55. The Labute approximate surface area is 182 Å². The van der Waals surface area contributed by atoms with Crippen molar-refractivity contribution < 1.29 is 14.0 Å². The predicted octanol–water partition coefficient (Wildman–Crippen LogP) is 4.65. The van der Waals surface area contributed by atoms with Gasteiger partial charge in [-0.1, -0.05) is 88.0 Å². The Balaban J connectivity index is 1.82. The monoisotopic (exact) mass is 422 g/mol. The molecule has 2 aromatic rings. The van der Waals surface area contributed by atoms with E-state index in [0.29, 0.717) is 13.0 Å². The van der Waals surface area contributed by atoms with Crippen LogP contribution >= 0.6 is 0 Å². The van der Waals surface area contributed by atoms with Gasteiger partial charge >= 0.3 is 0 Å². The predicted molar refractivity (Wildman–Crippen MR) is 126 cm³/mol. The third-order valence-corrected chi connectivity index (χ3v) is 11.1. The molecule has 3 rings (SSSR count). The first-order valence-corrected chi connectivity index (χ1v) is 12.8. The highest BCUT2D eigenvalue weighted by atomic mass is 28.4. The van der Waals surface area contributed by atoms with E-state index in [4.69, 9.17) is 9.16 Å². The lowest BCUT2D eigenvalue weighted by Crippen LogP contribution is -2.66. The van der Waals surface area contributed by atoms with Gasteiger partial charge in [0.15, 0.2) is 0 Å². The number of ether oxygens (including phenoxy) is 1. The van der Waals surface area contributed by atoms with Gasteiger partial charge in [-0.3, -0.25) is 0 Å². The minimum Gasteiger partial charge on any atom is -0.407 e. The summed E-state index contributed by atoms with van der Waals surface area (Å²) in [7, 11) is -2.51. The van der Waals surface area contributed by atoms with Crippen LogP contribution in [0.4, 0.5) is 0 Å². The Hall–Kier alpha value is -2.01. The molecule has 1 aliphatic heterocycles. The second-order valence-electron chi connectivity index (χ2n) is 9.15. The van der Waals surface area contributed by atoms with E-state index in [-0.39, 0.29) is 17.2 Å². The van der Waals surface area contributed by atoms with Crippen LogP contribution < -0.4 is 10.4 Å². The van der Waals surface area contributed by atoms with E-state index in [0.717, 1.165) is 31.1 Å². The van der Waals surface area contributed by atoms with Crippen LogP contribution in [-0.4, -0.2) is 33.4 Å². The van der Waals surface area contributed by atoms with Crippen LogP contribution in [0.5, 0.6) is 0 Å². The fourth-order valence-electron chi connectivity index (χ4n) is 4.58. The molecule has 4 heteroatoms. The van der Waals surface area contributed by atoms with Crippen molar-refractivity contribution in [2.75, 3.05) is 6.61 Å². The smallest absolute Gasteiger partial charge is 0.261 e. The minimum absolute atomic E-state index is 0.0138. The fraction of sp³-hybridized carbons (Fsp3) is 0.423. The van der Waals surface area contributed by atoms with Crippen molar-refractivity contribution in [3.8, 4) is 0 Å². The van der Waals surface area contributed by atoms with Gasteiger partial charge in [0.25, 0.3) is 8.32 Å². The first-order chi connectivity index (χ1) is 14.4. The average molecular weight is 423 g/mol. The van der Waals surface area contributed by atoms with Gasteiger partial charge in [0.1, 0.15) is 6.29 Å². The van der Waals surface area contributed by atoms with Gasteiger partial charge in [0, 0.05) is 13.0 Å². The number of benzene rings is 2. The van der Waals surface area contributed by atoms with Gasteiger partial charge < -0.3 is 14.0 Å². The van der Waals surface area contributed by atoms with Crippen LogP contribution in [-0.2, 0) is 14.0 Å². The Morgan fingerprint density at radius 3 is 2.10 bits per heavy atom. The molecule has 0 aromatic heterocycles. The third kappa shape index (κ3) is 4.83. The number of carbonyl (C=O) groups excluding carboxylic acids is 1. The number of hydrogen-bond acceptors (Lipinski definition) is 3. The van der Waals surface area contributed by atoms with E-state index in [9.17, 15) is 4.79 Å². The molecule has 0 radical (unpaired) electrons. The van der Waals surface area contributed by atoms with Crippen molar-refractivity contribution in [2.24, 2.45) is 0 Å². The zero-order valence-corrected chi connectivity index (χ0v) is 19.5. The molecule has 1 heterocycles. The SMILES string of the molecule is C=C1C[C@H](CCC=O)O[C@H]1CCO[Si](c1ccccc1)(c1ccccc1)C(C)(C)C. The van der Waals surface area contributed by atoms with Crippen molar-refractivity contribution in [3.63, 3.8) is 0 Å². The molecule has 0 unspecified atom stereocenters. The summed E-state index contributed by atoms with van der Waals surface area (Å²) in [4.78, 5) is 10.7. The maximum absolute atomic E-state index is 10.7. The summed E-state index contributed by atoms with van der Waals surface area (Å²) in [6.07, 6.45) is 4.04. The summed E-state index contributed by atoms with van der Waals surface area (Å²) < 4.78 is 13.1. The molecule has 0 bridgehead atoms. The third-order valence-electron chi connectivity index (χ3n) is 6.02. The summed E-state index contributed by atoms with van der Waals surface area (Å²) in [5.74, 6) is 0. The standard InChI is InChI=1S/C26H34O3Si/c1-21-20-22(12-11-18-27)29-25(21)17-19-28-30(26(2,3)4,23-13-7-5-8-14-23)24-15-9-6-10-16-24/h5-10,13-16,18,22,25H,1,11-12,17,19-20H2,2-4H3/t22-,25-/m0/s1. The normalized spacial score (nSPS) is 19.8. The van der Waals surface area contributed by atoms with E-state index in [1.165, 1.54) is 10.4 Å². The number of carbonyl (C=O) groups is 1. The van der Waals surface area contributed by atoms with Crippen LogP contribution in [0, 0.1) is 0 Å². The molecule has 0 amide bonds. The van der Waals surface area contributed by atoms with Crippen molar-refractivity contribution >= 4 is 25.0 Å². The van der Waals surface area contributed by atoms with Crippen LogP contribution in [0.3, 0.4) is 0 Å². The summed E-state index contributed by atoms with van der Waals surface area (Å²) >= 11 is 0. The topological polar surface area (TPSA) is 35.5 Å². The first-order valence-electron chi connectivity index (χ1n) is 10.9. The summed E-state index contributed by atoms with van der Waals surface area (Å²) in [6, 6.07) is 21.4. The maximum atomic E-state index is 10.7. The number of rotatable bonds is 9. The maximum Gasteiger partial charge on any atom is 0.261 e. The Morgan fingerprint density at radius 2 is 1.60 bits per heavy atom. The molecule has 0 spiro atoms. The molecule has 2 aromatic carbocycles. The number of hydrogen-bond donors (Lipinski definition) is 0. The van der Waals surface area contributed by atoms with Crippen molar-refractivity contribution in [1.82, 2.24) is 0 Å². The zero-order chi connectivity index (χ0) is 21.6. The molecule has 0 saturated carbocycles. The minimum atomic E-state index is -2.51. The first kappa shape index (κ1) is 22.7. The van der Waals surface area contributed by atoms with E-state index in [2.05, 4.69) is 88.0 Å². The second-order valence-corrected chi connectivity index (χ2v) is 13.5. The van der Waals surface area contributed by atoms with Gasteiger partial charge in [-0.25, -0.2) is 0 Å². The highest BCUT2D eigenvalue weighted by Crippen LogP contribution is 2.37. The Bertz CT molecular complexity index is 787. The summed E-state index contributed by atoms with van der Waals surface area (Å²) in [6.45, 7) is 11.7. The lowest BCUT2D eigenvalue weighted by molar-refractivity contribution is -0.108. The lowest BCUT2D eigenvalue weighted by Gasteiger charge is -2.43. The summed E-state index contributed by atoms with van der Waals surface area (Å²) in [5.41, 5.74) is 1.12. The average Bonchev–Trinajstić information content (AvgIpc) is 3.09.